The summed E-state index contributed by atoms with van der Waals surface area (Å²) in [5.74, 6) is 0. The Labute approximate surface area is 94.0 Å². The first kappa shape index (κ1) is 11.9. The summed E-state index contributed by atoms with van der Waals surface area (Å²) in [5, 5.41) is 8.70. The van der Waals surface area contributed by atoms with Crippen LogP contribution < -0.4 is 5.73 Å². The molecule has 0 aliphatic rings. The SMILES string of the molecule is N#CCc1ncc(N)c(CBr)c1C(F)F. The minimum Gasteiger partial charge on any atom is -0.397 e. The number of nitrogen functional groups attached to an aromatic ring is 1. The van der Waals surface area contributed by atoms with E-state index in [4.69, 9.17) is 11.0 Å². The second-order valence-electron chi connectivity index (χ2n) is 2.82. The molecule has 0 atom stereocenters. The number of hydrogen-bond acceptors (Lipinski definition) is 3. The predicted molar refractivity (Wildman–Crippen MR) is 55.6 cm³/mol. The molecule has 0 saturated carbocycles. The summed E-state index contributed by atoms with van der Waals surface area (Å²) in [7, 11) is 0. The third-order valence-corrected chi connectivity index (χ3v) is 2.50. The highest BCUT2D eigenvalue weighted by atomic mass is 79.9. The van der Waals surface area contributed by atoms with Crippen molar-refractivity contribution in [3.05, 3.63) is 23.0 Å². The van der Waals surface area contributed by atoms with Gasteiger partial charge in [-0.25, -0.2) is 8.78 Å². The van der Waals surface area contributed by atoms with Crippen LogP contribution >= 0.6 is 15.9 Å². The number of pyridine rings is 1. The van der Waals surface area contributed by atoms with Crippen LogP contribution in [0.25, 0.3) is 0 Å². The molecule has 2 N–H and O–H groups in total. The van der Waals surface area contributed by atoms with E-state index in [1.54, 1.807) is 6.07 Å². The molecule has 1 rings (SSSR count). The van der Waals surface area contributed by atoms with Gasteiger partial charge in [0.15, 0.2) is 0 Å². The summed E-state index contributed by atoms with van der Waals surface area (Å²) in [5.41, 5.74) is 5.91. The van der Waals surface area contributed by atoms with Gasteiger partial charge in [0.1, 0.15) is 0 Å². The Bertz CT molecular complexity index is 401. The fourth-order valence-corrected chi connectivity index (χ4v) is 1.87. The lowest BCUT2D eigenvalue weighted by Crippen LogP contribution is -2.06. The number of alkyl halides is 3. The van der Waals surface area contributed by atoms with Crippen molar-refractivity contribution in [2.45, 2.75) is 18.2 Å². The van der Waals surface area contributed by atoms with Crippen molar-refractivity contribution in [2.75, 3.05) is 5.73 Å². The third-order valence-electron chi connectivity index (χ3n) is 1.94. The minimum atomic E-state index is -2.67. The van der Waals surface area contributed by atoms with Crippen LogP contribution in [0.3, 0.4) is 0 Å². The van der Waals surface area contributed by atoms with Gasteiger partial charge in [-0.2, -0.15) is 5.26 Å². The van der Waals surface area contributed by atoms with Crippen LogP contribution in [0, 0.1) is 11.3 Å². The quantitative estimate of drug-likeness (QED) is 0.863. The molecule has 0 radical (unpaired) electrons. The first-order valence-corrected chi connectivity index (χ1v) is 5.21. The van der Waals surface area contributed by atoms with Crippen LogP contribution in [0.5, 0.6) is 0 Å². The Kier molecular flexibility index (Phi) is 3.97. The highest BCUT2D eigenvalue weighted by molar-refractivity contribution is 9.08. The molecule has 80 valence electrons. The zero-order valence-electron chi connectivity index (χ0n) is 7.67. The van der Waals surface area contributed by atoms with Crippen molar-refractivity contribution in [1.29, 1.82) is 5.26 Å². The summed E-state index contributed by atoms with van der Waals surface area (Å²) >= 11 is 3.09. The number of nitriles is 1. The Hall–Kier alpha value is -1.22. The van der Waals surface area contributed by atoms with E-state index in [2.05, 4.69) is 20.9 Å². The van der Waals surface area contributed by atoms with Crippen LogP contribution in [0.4, 0.5) is 14.5 Å². The molecule has 0 amide bonds. The van der Waals surface area contributed by atoms with Gasteiger partial charge in [-0.05, 0) is 5.56 Å². The van der Waals surface area contributed by atoms with E-state index in [-0.39, 0.29) is 28.7 Å². The van der Waals surface area contributed by atoms with Gasteiger partial charge in [-0.1, -0.05) is 15.9 Å². The van der Waals surface area contributed by atoms with Gasteiger partial charge >= 0.3 is 0 Å². The number of rotatable bonds is 3. The van der Waals surface area contributed by atoms with E-state index in [0.717, 1.165) is 0 Å². The molecule has 3 nitrogen and oxygen atoms in total. The van der Waals surface area contributed by atoms with Crippen LogP contribution in [0.15, 0.2) is 6.20 Å². The maximum absolute atomic E-state index is 12.8. The van der Waals surface area contributed by atoms with Crippen molar-refractivity contribution in [1.82, 2.24) is 4.98 Å². The highest BCUT2D eigenvalue weighted by Crippen LogP contribution is 2.30. The zero-order valence-corrected chi connectivity index (χ0v) is 9.26. The first-order chi connectivity index (χ1) is 7.11. The number of halogens is 3. The van der Waals surface area contributed by atoms with E-state index < -0.39 is 6.43 Å². The lowest BCUT2D eigenvalue weighted by Gasteiger charge is -2.12. The molecule has 1 aromatic rings. The van der Waals surface area contributed by atoms with Gasteiger partial charge in [-0.15, -0.1) is 0 Å². The van der Waals surface area contributed by atoms with Gasteiger partial charge < -0.3 is 5.73 Å². The average molecular weight is 276 g/mol. The normalized spacial score (nSPS) is 10.3. The van der Waals surface area contributed by atoms with Crippen molar-refractivity contribution in [3.63, 3.8) is 0 Å². The van der Waals surface area contributed by atoms with Gasteiger partial charge in [-0.3, -0.25) is 4.98 Å². The monoisotopic (exact) mass is 275 g/mol. The molecule has 15 heavy (non-hydrogen) atoms. The molecule has 6 heteroatoms. The number of nitrogens with two attached hydrogens (primary N) is 1. The fraction of sp³-hybridized carbons (Fsp3) is 0.333. The fourth-order valence-electron chi connectivity index (χ4n) is 1.25. The van der Waals surface area contributed by atoms with E-state index in [1.807, 2.05) is 0 Å². The number of nitrogens with zero attached hydrogens (tertiary/aromatic N) is 2. The van der Waals surface area contributed by atoms with Crippen molar-refractivity contribution in [2.24, 2.45) is 0 Å². The maximum Gasteiger partial charge on any atom is 0.266 e. The smallest absolute Gasteiger partial charge is 0.266 e. The predicted octanol–water partition coefficient (Wildman–Crippen LogP) is 2.56. The second kappa shape index (κ2) is 5.03. The lowest BCUT2D eigenvalue weighted by atomic mass is 10.1. The molecular formula is C9H8BrF2N3. The number of anilines is 1. The topological polar surface area (TPSA) is 62.7 Å². The van der Waals surface area contributed by atoms with Crippen molar-refractivity contribution < 1.29 is 8.78 Å². The zero-order chi connectivity index (χ0) is 11.4. The van der Waals surface area contributed by atoms with Crippen LogP contribution in [-0.2, 0) is 11.8 Å². The van der Waals surface area contributed by atoms with Crippen LogP contribution in [0.1, 0.15) is 23.2 Å². The van der Waals surface area contributed by atoms with E-state index in [0.29, 0.717) is 5.56 Å². The van der Waals surface area contributed by atoms with Crippen LogP contribution in [-0.4, -0.2) is 4.98 Å². The van der Waals surface area contributed by atoms with Gasteiger partial charge in [0.2, 0.25) is 0 Å². The minimum absolute atomic E-state index is 0.0937. The van der Waals surface area contributed by atoms with Gasteiger partial charge in [0, 0.05) is 10.9 Å². The molecule has 0 fully saturated rings. The molecule has 0 unspecified atom stereocenters. The molecule has 1 heterocycles. The van der Waals surface area contributed by atoms with Crippen molar-refractivity contribution in [3.8, 4) is 6.07 Å². The second-order valence-corrected chi connectivity index (χ2v) is 3.38. The largest absolute Gasteiger partial charge is 0.397 e. The standard InChI is InChI=1S/C9H8BrF2N3/c10-3-5-6(14)4-15-7(1-2-13)8(5)9(11)12/h4,9H,1,3,14H2. The summed E-state index contributed by atoms with van der Waals surface area (Å²) in [6.07, 6.45) is -1.51. The number of hydrogen-bond donors (Lipinski definition) is 1. The Balaban J connectivity index is 3.36. The number of aromatic nitrogens is 1. The molecule has 0 spiro atoms. The van der Waals surface area contributed by atoms with E-state index in [1.165, 1.54) is 6.20 Å². The highest BCUT2D eigenvalue weighted by Gasteiger charge is 2.20. The molecule has 0 aliphatic heterocycles. The summed E-state index contributed by atoms with van der Waals surface area (Å²) in [6, 6.07) is 1.80. The Morgan fingerprint density at radius 3 is 2.73 bits per heavy atom. The molecule has 0 aromatic carbocycles. The van der Waals surface area contributed by atoms with E-state index >= 15 is 0 Å². The Morgan fingerprint density at radius 1 is 1.60 bits per heavy atom. The summed E-state index contributed by atoms with van der Waals surface area (Å²) in [4.78, 5) is 3.75. The van der Waals surface area contributed by atoms with Gasteiger partial charge in [0.05, 0.1) is 30.1 Å². The summed E-state index contributed by atoms with van der Waals surface area (Å²) in [6.45, 7) is 0. The molecular weight excluding hydrogens is 268 g/mol. The van der Waals surface area contributed by atoms with E-state index in [9.17, 15) is 8.78 Å². The molecule has 0 saturated heterocycles. The summed E-state index contributed by atoms with van der Waals surface area (Å²) < 4.78 is 25.5. The average Bonchev–Trinajstić information content (AvgIpc) is 2.20. The maximum atomic E-state index is 12.8. The van der Waals surface area contributed by atoms with Crippen LogP contribution in [0.2, 0.25) is 0 Å². The Morgan fingerprint density at radius 2 is 2.27 bits per heavy atom. The van der Waals surface area contributed by atoms with Crippen molar-refractivity contribution >= 4 is 21.6 Å². The lowest BCUT2D eigenvalue weighted by molar-refractivity contribution is 0.149. The van der Waals surface area contributed by atoms with Gasteiger partial charge in [0.25, 0.3) is 6.43 Å². The third kappa shape index (κ3) is 2.42. The molecule has 0 aliphatic carbocycles. The first-order valence-electron chi connectivity index (χ1n) is 4.09. The molecule has 0 bridgehead atoms. The molecule has 1 aromatic heterocycles.